The van der Waals surface area contributed by atoms with Crippen LogP contribution in [0.5, 0.6) is 5.75 Å². The molecule has 1 aromatic carbocycles. The van der Waals surface area contributed by atoms with Gasteiger partial charge in [0.1, 0.15) is 12.4 Å². The molecular formula is C21H34ClNO2. The van der Waals surface area contributed by atoms with E-state index in [0.717, 1.165) is 37.8 Å². The first-order valence-electron chi connectivity index (χ1n) is 9.95. The van der Waals surface area contributed by atoms with Gasteiger partial charge in [-0.25, -0.2) is 0 Å². The monoisotopic (exact) mass is 367 g/mol. The summed E-state index contributed by atoms with van der Waals surface area (Å²) in [4.78, 5) is 0. The molecule has 1 unspecified atom stereocenters. The molecular weight excluding hydrogens is 334 g/mol. The Morgan fingerprint density at radius 1 is 1.00 bits per heavy atom. The second-order valence-corrected chi connectivity index (χ2v) is 7.38. The van der Waals surface area contributed by atoms with Crippen molar-refractivity contribution in [1.29, 1.82) is 0 Å². The van der Waals surface area contributed by atoms with Crippen LogP contribution in [0, 0.1) is 5.92 Å². The van der Waals surface area contributed by atoms with Crippen LogP contribution in [0.15, 0.2) is 24.3 Å². The summed E-state index contributed by atoms with van der Waals surface area (Å²) >= 11 is 0. The topological polar surface area (TPSA) is 30.5 Å². The second kappa shape index (κ2) is 11.8. The van der Waals surface area contributed by atoms with Gasteiger partial charge in [0.15, 0.2) is 0 Å². The Morgan fingerprint density at radius 2 is 1.80 bits per heavy atom. The Morgan fingerprint density at radius 3 is 2.60 bits per heavy atom. The van der Waals surface area contributed by atoms with E-state index in [9.17, 15) is 0 Å². The van der Waals surface area contributed by atoms with E-state index in [0.29, 0.717) is 6.61 Å². The fourth-order valence-corrected chi connectivity index (χ4v) is 3.92. The minimum atomic E-state index is 0. The van der Waals surface area contributed by atoms with Gasteiger partial charge in [0.25, 0.3) is 0 Å². The predicted octanol–water partition coefficient (Wildman–Crippen LogP) is 5.12. The van der Waals surface area contributed by atoms with Gasteiger partial charge < -0.3 is 14.8 Å². The Balaban J connectivity index is 0.00000225. The van der Waals surface area contributed by atoms with Crippen molar-refractivity contribution in [3.63, 3.8) is 0 Å². The van der Waals surface area contributed by atoms with Crippen LogP contribution in [-0.2, 0) is 11.3 Å². The quantitative estimate of drug-likeness (QED) is 0.647. The van der Waals surface area contributed by atoms with E-state index >= 15 is 0 Å². The lowest BCUT2D eigenvalue weighted by Gasteiger charge is -2.23. The number of para-hydroxylation sites is 1. The number of hydrogen-bond donors (Lipinski definition) is 1. The van der Waals surface area contributed by atoms with Crippen LogP contribution < -0.4 is 10.1 Å². The third-order valence-corrected chi connectivity index (χ3v) is 5.44. The molecule has 0 spiro atoms. The van der Waals surface area contributed by atoms with E-state index in [1.165, 1.54) is 56.9 Å². The maximum Gasteiger partial charge on any atom is 0.123 e. The van der Waals surface area contributed by atoms with Crippen molar-refractivity contribution >= 4 is 12.4 Å². The molecule has 1 heterocycles. The predicted molar refractivity (Wildman–Crippen MR) is 106 cm³/mol. The molecule has 1 saturated heterocycles. The fraction of sp³-hybridized carbons (Fsp3) is 0.714. The first kappa shape index (κ1) is 20.5. The third-order valence-electron chi connectivity index (χ3n) is 5.44. The summed E-state index contributed by atoms with van der Waals surface area (Å²) in [5.41, 5.74) is 1.26. The summed E-state index contributed by atoms with van der Waals surface area (Å²) in [5, 5.41) is 3.62. The fourth-order valence-electron chi connectivity index (χ4n) is 3.92. The van der Waals surface area contributed by atoms with E-state index in [1.54, 1.807) is 0 Å². The summed E-state index contributed by atoms with van der Waals surface area (Å²) in [6, 6.07) is 8.41. The largest absolute Gasteiger partial charge is 0.491 e. The first-order valence-corrected chi connectivity index (χ1v) is 9.95. The van der Waals surface area contributed by atoms with Crippen molar-refractivity contribution < 1.29 is 9.47 Å². The zero-order chi connectivity index (χ0) is 16.5. The van der Waals surface area contributed by atoms with Crippen molar-refractivity contribution in [3.8, 4) is 5.75 Å². The zero-order valence-electron chi connectivity index (χ0n) is 15.4. The Kier molecular flexibility index (Phi) is 9.67. The van der Waals surface area contributed by atoms with Gasteiger partial charge in [-0.3, -0.25) is 0 Å². The van der Waals surface area contributed by atoms with Gasteiger partial charge in [0, 0.05) is 18.7 Å². The highest BCUT2D eigenvalue weighted by Gasteiger charge is 2.15. The molecule has 1 N–H and O–H groups in total. The van der Waals surface area contributed by atoms with Crippen LogP contribution in [0.3, 0.4) is 0 Å². The molecule has 1 aliphatic heterocycles. The van der Waals surface area contributed by atoms with Gasteiger partial charge in [0.05, 0.1) is 6.10 Å². The highest BCUT2D eigenvalue weighted by Crippen LogP contribution is 2.26. The first-order chi connectivity index (χ1) is 11.9. The SMILES string of the molecule is Cl.c1ccc(OCC2CCCCO2)c(CNCCC2CCCCC2)c1. The Bertz CT molecular complexity index is 471. The maximum absolute atomic E-state index is 6.06. The number of rotatable bonds is 8. The van der Waals surface area contributed by atoms with Gasteiger partial charge in [-0.2, -0.15) is 0 Å². The lowest BCUT2D eigenvalue weighted by molar-refractivity contribution is -0.0112. The zero-order valence-corrected chi connectivity index (χ0v) is 16.2. The number of nitrogens with one attached hydrogen (secondary N) is 1. The van der Waals surface area contributed by atoms with Gasteiger partial charge in [-0.15, -0.1) is 12.4 Å². The molecule has 1 saturated carbocycles. The van der Waals surface area contributed by atoms with Crippen LogP contribution in [0.1, 0.15) is 63.4 Å². The minimum Gasteiger partial charge on any atom is -0.491 e. The third kappa shape index (κ3) is 7.16. The number of halogens is 1. The van der Waals surface area contributed by atoms with E-state index in [1.807, 2.05) is 0 Å². The summed E-state index contributed by atoms with van der Waals surface area (Å²) in [6.07, 6.45) is 12.4. The van der Waals surface area contributed by atoms with Crippen molar-refractivity contribution in [2.45, 2.75) is 70.4 Å². The van der Waals surface area contributed by atoms with E-state index in [4.69, 9.17) is 9.47 Å². The number of benzene rings is 1. The standard InChI is InChI=1S/C21H33NO2.ClH/c1-2-8-18(9-3-1)13-14-22-16-19-10-4-5-12-21(19)24-17-20-11-6-7-15-23-20;/h4-5,10,12,18,20,22H,1-3,6-9,11,13-17H2;1H. The number of hydrogen-bond acceptors (Lipinski definition) is 3. The normalized spacial score (nSPS) is 21.5. The van der Waals surface area contributed by atoms with Crippen LogP contribution in [-0.4, -0.2) is 25.9 Å². The Hall–Kier alpha value is -0.770. The van der Waals surface area contributed by atoms with Crippen LogP contribution in [0.4, 0.5) is 0 Å². The van der Waals surface area contributed by atoms with Gasteiger partial charge in [0.2, 0.25) is 0 Å². The van der Waals surface area contributed by atoms with Crippen molar-refractivity contribution in [2.75, 3.05) is 19.8 Å². The van der Waals surface area contributed by atoms with Crippen LogP contribution in [0.2, 0.25) is 0 Å². The molecule has 4 heteroatoms. The molecule has 0 amide bonds. The van der Waals surface area contributed by atoms with Gasteiger partial charge in [-0.1, -0.05) is 50.3 Å². The number of ether oxygens (including phenoxy) is 2. The highest BCUT2D eigenvalue weighted by atomic mass is 35.5. The summed E-state index contributed by atoms with van der Waals surface area (Å²) in [6.45, 7) is 3.58. The molecule has 142 valence electrons. The van der Waals surface area contributed by atoms with Crippen molar-refractivity contribution in [1.82, 2.24) is 5.32 Å². The van der Waals surface area contributed by atoms with Gasteiger partial charge in [-0.05, 0) is 44.2 Å². The molecule has 2 aliphatic rings. The molecule has 3 nitrogen and oxygen atoms in total. The smallest absolute Gasteiger partial charge is 0.123 e. The average molecular weight is 368 g/mol. The molecule has 1 atom stereocenters. The average Bonchev–Trinajstić information content (AvgIpc) is 2.66. The molecule has 0 bridgehead atoms. The van der Waals surface area contributed by atoms with E-state index in [2.05, 4.69) is 29.6 Å². The lowest BCUT2D eigenvalue weighted by Crippen LogP contribution is -2.26. The maximum atomic E-state index is 6.06. The van der Waals surface area contributed by atoms with Crippen molar-refractivity contribution in [2.24, 2.45) is 5.92 Å². The van der Waals surface area contributed by atoms with Gasteiger partial charge >= 0.3 is 0 Å². The lowest BCUT2D eigenvalue weighted by atomic mass is 9.87. The Labute approximate surface area is 159 Å². The van der Waals surface area contributed by atoms with Crippen LogP contribution >= 0.6 is 12.4 Å². The summed E-state index contributed by atoms with van der Waals surface area (Å²) in [5.74, 6) is 1.96. The summed E-state index contributed by atoms with van der Waals surface area (Å²) in [7, 11) is 0. The van der Waals surface area contributed by atoms with E-state index < -0.39 is 0 Å². The van der Waals surface area contributed by atoms with Crippen molar-refractivity contribution in [3.05, 3.63) is 29.8 Å². The summed E-state index contributed by atoms with van der Waals surface area (Å²) < 4.78 is 11.8. The molecule has 25 heavy (non-hydrogen) atoms. The molecule has 3 rings (SSSR count). The molecule has 0 aromatic heterocycles. The van der Waals surface area contributed by atoms with E-state index in [-0.39, 0.29) is 18.5 Å². The second-order valence-electron chi connectivity index (χ2n) is 7.38. The minimum absolute atomic E-state index is 0. The molecule has 1 aromatic rings. The molecule has 2 fully saturated rings. The highest BCUT2D eigenvalue weighted by molar-refractivity contribution is 5.85. The molecule has 0 radical (unpaired) electrons. The van der Waals surface area contributed by atoms with Crippen LogP contribution in [0.25, 0.3) is 0 Å². The molecule has 1 aliphatic carbocycles.